The first kappa shape index (κ1) is 21.3. The lowest BCUT2D eigenvalue weighted by Crippen LogP contribution is -2.15. The maximum Gasteiger partial charge on any atom is 0.166 e. The molecule has 4 heteroatoms. The maximum atomic E-state index is 12.9. The Morgan fingerprint density at radius 1 is 1.03 bits per heavy atom. The van der Waals surface area contributed by atoms with Gasteiger partial charge in [-0.15, -0.1) is 0 Å². The van der Waals surface area contributed by atoms with Gasteiger partial charge in [0.15, 0.2) is 11.6 Å². The van der Waals surface area contributed by atoms with Crippen LogP contribution in [0.25, 0.3) is 0 Å². The molecule has 3 rings (SSSR count). The van der Waals surface area contributed by atoms with Crippen molar-refractivity contribution in [3.63, 3.8) is 0 Å². The van der Waals surface area contributed by atoms with Crippen LogP contribution in [0.2, 0.25) is 0 Å². The van der Waals surface area contributed by atoms with E-state index in [1.165, 1.54) is 0 Å². The van der Waals surface area contributed by atoms with Gasteiger partial charge < -0.3 is 9.64 Å². The summed E-state index contributed by atoms with van der Waals surface area (Å²) in [5.74, 6) is 0.797. The van der Waals surface area contributed by atoms with Crippen molar-refractivity contribution in [3.05, 3.63) is 64.7 Å². The number of ketones is 2. The van der Waals surface area contributed by atoms with Crippen LogP contribution in [-0.4, -0.2) is 43.2 Å². The maximum absolute atomic E-state index is 12.9. The van der Waals surface area contributed by atoms with Gasteiger partial charge in [0, 0.05) is 29.9 Å². The number of ether oxygens (including phenoxy) is 1. The molecule has 0 amide bonds. The lowest BCUT2D eigenvalue weighted by molar-refractivity contribution is 0.0978. The van der Waals surface area contributed by atoms with Gasteiger partial charge in [-0.3, -0.25) is 9.59 Å². The minimum atomic E-state index is -0.0822. The van der Waals surface area contributed by atoms with Crippen molar-refractivity contribution >= 4 is 11.6 Å². The molecular weight excluding hydrogens is 362 g/mol. The van der Waals surface area contributed by atoms with E-state index in [1.54, 1.807) is 6.07 Å². The Bertz CT molecular complexity index is 873. The zero-order valence-electron chi connectivity index (χ0n) is 17.9. The van der Waals surface area contributed by atoms with E-state index in [0.29, 0.717) is 29.7 Å². The van der Waals surface area contributed by atoms with Crippen molar-refractivity contribution in [2.45, 2.75) is 51.6 Å². The molecule has 0 saturated heterocycles. The third kappa shape index (κ3) is 4.76. The molecule has 1 aliphatic heterocycles. The highest BCUT2D eigenvalue weighted by Crippen LogP contribution is 2.45. The number of unbranched alkanes of at least 4 members (excludes halogenated alkanes) is 1. The fraction of sp³-hybridized carbons (Fsp3) is 0.440. The first-order valence-electron chi connectivity index (χ1n) is 10.5. The van der Waals surface area contributed by atoms with Gasteiger partial charge in [-0.2, -0.15) is 0 Å². The summed E-state index contributed by atoms with van der Waals surface area (Å²) >= 11 is 0. The van der Waals surface area contributed by atoms with Crippen molar-refractivity contribution in [2.24, 2.45) is 0 Å². The highest BCUT2D eigenvalue weighted by molar-refractivity contribution is 6.04. The van der Waals surface area contributed by atoms with Gasteiger partial charge in [0.2, 0.25) is 0 Å². The summed E-state index contributed by atoms with van der Waals surface area (Å²) in [6.45, 7) is 4.84. The van der Waals surface area contributed by atoms with Crippen LogP contribution in [0.15, 0.2) is 42.5 Å². The molecule has 29 heavy (non-hydrogen) atoms. The van der Waals surface area contributed by atoms with E-state index in [0.717, 1.165) is 30.5 Å². The van der Waals surface area contributed by atoms with Crippen LogP contribution < -0.4 is 4.74 Å². The Kier molecular flexibility index (Phi) is 6.86. The number of carbonyl (C=O) groups is 2. The second-order valence-corrected chi connectivity index (χ2v) is 8.11. The van der Waals surface area contributed by atoms with Crippen LogP contribution in [0, 0.1) is 0 Å². The Hall–Kier alpha value is -2.46. The van der Waals surface area contributed by atoms with Gasteiger partial charge in [0.25, 0.3) is 0 Å². The average Bonchev–Trinajstić information content (AvgIpc) is 3.05. The topological polar surface area (TPSA) is 46.6 Å². The lowest BCUT2D eigenvalue weighted by atomic mass is 9.85. The van der Waals surface area contributed by atoms with Crippen LogP contribution in [0.1, 0.15) is 77.3 Å². The van der Waals surface area contributed by atoms with E-state index < -0.39 is 0 Å². The van der Waals surface area contributed by atoms with Crippen LogP contribution in [0.4, 0.5) is 0 Å². The molecule has 0 unspecified atom stereocenters. The number of nitrogens with zero attached hydrogens (tertiary/aromatic N) is 1. The highest BCUT2D eigenvalue weighted by atomic mass is 16.5. The molecule has 1 aliphatic rings. The summed E-state index contributed by atoms with van der Waals surface area (Å²) in [6, 6.07) is 13.9. The van der Waals surface area contributed by atoms with E-state index >= 15 is 0 Å². The molecule has 0 aliphatic carbocycles. The normalized spacial score (nSPS) is 17.8. The fourth-order valence-electron chi connectivity index (χ4n) is 4.05. The van der Waals surface area contributed by atoms with Crippen molar-refractivity contribution in [3.8, 4) is 5.75 Å². The lowest BCUT2D eigenvalue weighted by Gasteiger charge is -2.15. The van der Waals surface area contributed by atoms with Gasteiger partial charge in [-0.25, -0.2) is 0 Å². The molecule has 0 spiro atoms. The molecule has 0 bridgehead atoms. The number of carbonyl (C=O) groups excluding carboxylic acids is 2. The average molecular weight is 394 g/mol. The minimum absolute atomic E-state index is 0.0180. The van der Waals surface area contributed by atoms with Gasteiger partial charge in [0.1, 0.15) is 11.9 Å². The summed E-state index contributed by atoms with van der Waals surface area (Å²) in [7, 11) is 4.08. The van der Waals surface area contributed by atoms with Gasteiger partial charge in [-0.05, 0) is 58.1 Å². The van der Waals surface area contributed by atoms with Gasteiger partial charge in [0.05, 0.1) is 5.56 Å². The van der Waals surface area contributed by atoms with Gasteiger partial charge in [-0.1, -0.05) is 37.3 Å². The quantitative estimate of drug-likeness (QED) is 0.439. The number of hydrogen-bond acceptors (Lipinski definition) is 4. The molecule has 2 aromatic carbocycles. The first-order chi connectivity index (χ1) is 13.9. The van der Waals surface area contributed by atoms with Crippen molar-refractivity contribution in [1.82, 2.24) is 4.90 Å². The molecule has 0 N–H and O–H groups in total. The molecule has 4 nitrogen and oxygen atoms in total. The summed E-state index contributed by atoms with van der Waals surface area (Å²) in [5.41, 5.74) is 3.28. The Labute approximate surface area is 173 Å². The van der Waals surface area contributed by atoms with Crippen LogP contribution in [0.5, 0.6) is 5.75 Å². The van der Waals surface area contributed by atoms with E-state index in [2.05, 4.69) is 17.0 Å². The second kappa shape index (κ2) is 9.36. The zero-order valence-corrected chi connectivity index (χ0v) is 17.9. The summed E-state index contributed by atoms with van der Waals surface area (Å²) < 4.78 is 6.15. The molecule has 154 valence electrons. The van der Waals surface area contributed by atoms with Crippen molar-refractivity contribution in [1.29, 1.82) is 0 Å². The second-order valence-electron chi connectivity index (χ2n) is 8.11. The molecular formula is C25H31NO3. The molecule has 2 atom stereocenters. The molecule has 1 heterocycles. The van der Waals surface area contributed by atoms with E-state index in [1.807, 2.05) is 52.2 Å². The molecule has 0 saturated carbocycles. The standard InChI is InChI=1S/C25H31NO3/c1-5-22(27)20-15-19(23(28)13-9-10-14-26(3)4)16-21-24(17(2)29-25(20)21)18-11-7-6-8-12-18/h6-8,11-12,15-17,24H,5,9-10,13-14H2,1-4H3/t17-,24+/m1/s1. The van der Waals surface area contributed by atoms with Crippen molar-refractivity contribution < 1.29 is 14.3 Å². The predicted molar refractivity (Wildman–Crippen MR) is 116 cm³/mol. The summed E-state index contributed by atoms with van der Waals surface area (Å²) in [4.78, 5) is 27.7. The minimum Gasteiger partial charge on any atom is -0.489 e. The summed E-state index contributed by atoms with van der Waals surface area (Å²) in [5, 5.41) is 0. The number of hydrogen-bond donors (Lipinski definition) is 0. The van der Waals surface area contributed by atoms with E-state index in [-0.39, 0.29) is 23.6 Å². The zero-order chi connectivity index (χ0) is 21.0. The molecule has 2 aromatic rings. The number of fused-ring (bicyclic) bond motifs is 1. The fourth-order valence-corrected chi connectivity index (χ4v) is 4.05. The first-order valence-corrected chi connectivity index (χ1v) is 10.5. The molecule has 0 aromatic heterocycles. The summed E-state index contributed by atoms with van der Waals surface area (Å²) in [6.07, 6.45) is 2.64. The number of benzene rings is 2. The van der Waals surface area contributed by atoms with Crippen molar-refractivity contribution in [2.75, 3.05) is 20.6 Å². The van der Waals surface area contributed by atoms with Crippen LogP contribution in [-0.2, 0) is 0 Å². The van der Waals surface area contributed by atoms with Gasteiger partial charge >= 0.3 is 0 Å². The third-order valence-electron chi connectivity index (χ3n) is 5.59. The van der Waals surface area contributed by atoms with E-state index in [9.17, 15) is 9.59 Å². The SMILES string of the molecule is CCC(=O)c1cc(C(=O)CCCCN(C)C)cc2c1O[C@H](C)[C@H]2c1ccccc1. The Balaban J connectivity index is 1.95. The predicted octanol–water partition coefficient (Wildman–Crippen LogP) is 5.11. The third-order valence-corrected chi connectivity index (χ3v) is 5.59. The molecule has 0 fully saturated rings. The Morgan fingerprint density at radius 2 is 1.76 bits per heavy atom. The smallest absolute Gasteiger partial charge is 0.166 e. The largest absolute Gasteiger partial charge is 0.489 e. The van der Waals surface area contributed by atoms with Crippen LogP contribution in [0.3, 0.4) is 0 Å². The highest BCUT2D eigenvalue weighted by Gasteiger charge is 2.36. The number of rotatable bonds is 9. The van der Waals surface area contributed by atoms with Crippen LogP contribution >= 0.6 is 0 Å². The molecule has 0 radical (unpaired) electrons. The van der Waals surface area contributed by atoms with E-state index in [4.69, 9.17) is 4.74 Å². The monoisotopic (exact) mass is 393 g/mol. The Morgan fingerprint density at radius 3 is 2.41 bits per heavy atom. The number of Topliss-reactive ketones (excluding diaryl/α,β-unsaturated/α-hetero) is 2.